The number of hydrogen-bond donors (Lipinski definition) is 1. The molecule has 0 unspecified atom stereocenters. The lowest BCUT2D eigenvalue weighted by Crippen LogP contribution is -2.22. The maximum absolute atomic E-state index is 5.89. The Balaban J connectivity index is 1.70. The van der Waals surface area contributed by atoms with Gasteiger partial charge in [0, 0.05) is 17.6 Å². The zero-order valence-electron chi connectivity index (χ0n) is 8.75. The van der Waals surface area contributed by atoms with Crippen molar-refractivity contribution < 1.29 is 0 Å². The Kier molecular flexibility index (Phi) is 2.45. The lowest BCUT2D eigenvalue weighted by Gasteiger charge is -2.09. The van der Waals surface area contributed by atoms with Crippen molar-refractivity contribution in [1.82, 2.24) is 5.32 Å². The van der Waals surface area contributed by atoms with Gasteiger partial charge in [0.25, 0.3) is 0 Å². The van der Waals surface area contributed by atoms with Gasteiger partial charge in [-0.1, -0.05) is 23.7 Å². The quantitative estimate of drug-likeness (QED) is 0.809. The van der Waals surface area contributed by atoms with Gasteiger partial charge in [0.1, 0.15) is 0 Å². The van der Waals surface area contributed by atoms with Gasteiger partial charge in [0.2, 0.25) is 0 Å². The molecule has 2 fully saturated rings. The number of hydrogen-bond acceptors (Lipinski definition) is 1. The third kappa shape index (κ3) is 2.04. The summed E-state index contributed by atoms with van der Waals surface area (Å²) in [5.74, 6) is 1.68. The molecule has 1 saturated heterocycles. The van der Waals surface area contributed by atoms with E-state index in [1.54, 1.807) is 0 Å². The second-order valence-corrected chi connectivity index (χ2v) is 5.27. The Morgan fingerprint density at radius 2 is 1.87 bits per heavy atom. The van der Waals surface area contributed by atoms with Crippen molar-refractivity contribution >= 4 is 11.6 Å². The van der Waals surface area contributed by atoms with E-state index >= 15 is 0 Å². The summed E-state index contributed by atoms with van der Waals surface area (Å²) in [6.45, 7) is 1.14. The Morgan fingerprint density at radius 1 is 1.13 bits per heavy atom. The first-order chi connectivity index (χ1) is 7.33. The molecule has 0 bridgehead atoms. The third-order valence-electron chi connectivity index (χ3n) is 3.70. The minimum absolute atomic E-state index is 0.702. The molecule has 0 radical (unpaired) electrons. The maximum atomic E-state index is 5.89. The van der Waals surface area contributed by atoms with Crippen LogP contribution in [0.4, 0.5) is 0 Å². The molecule has 0 aromatic heterocycles. The van der Waals surface area contributed by atoms with Gasteiger partial charge in [-0.15, -0.1) is 0 Å². The average molecular weight is 222 g/mol. The largest absolute Gasteiger partial charge is 0.313 e. The summed E-state index contributed by atoms with van der Waals surface area (Å²) >= 11 is 5.89. The van der Waals surface area contributed by atoms with E-state index in [1.807, 2.05) is 12.1 Å². The van der Waals surface area contributed by atoms with E-state index in [9.17, 15) is 0 Å². The number of halogens is 1. The van der Waals surface area contributed by atoms with Gasteiger partial charge in [-0.25, -0.2) is 0 Å². The van der Waals surface area contributed by atoms with Crippen molar-refractivity contribution in [3.05, 3.63) is 34.9 Å². The fraction of sp³-hybridized carbons (Fsp3) is 0.538. The standard InChI is InChI=1S/C13H16ClN/c14-12-5-3-9(4-6-12)11-7-13(15-8-11)10-1-2-10/h3-6,10-11,13,15H,1-2,7-8H2/t11-,13+/m1/s1. The second kappa shape index (κ2) is 3.80. The van der Waals surface area contributed by atoms with Crippen molar-refractivity contribution in [1.29, 1.82) is 0 Å². The monoisotopic (exact) mass is 221 g/mol. The van der Waals surface area contributed by atoms with Crippen LogP contribution in [0.25, 0.3) is 0 Å². The fourth-order valence-corrected chi connectivity index (χ4v) is 2.74. The van der Waals surface area contributed by atoms with E-state index in [4.69, 9.17) is 11.6 Å². The third-order valence-corrected chi connectivity index (χ3v) is 3.95. The molecule has 15 heavy (non-hydrogen) atoms. The van der Waals surface area contributed by atoms with E-state index in [0.29, 0.717) is 5.92 Å². The zero-order valence-corrected chi connectivity index (χ0v) is 9.50. The van der Waals surface area contributed by atoms with E-state index in [2.05, 4.69) is 17.4 Å². The normalized spacial score (nSPS) is 30.7. The first-order valence-electron chi connectivity index (χ1n) is 5.82. The van der Waals surface area contributed by atoms with Gasteiger partial charge in [-0.3, -0.25) is 0 Å². The minimum Gasteiger partial charge on any atom is -0.313 e. The maximum Gasteiger partial charge on any atom is 0.0406 e. The number of benzene rings is 1. The molecule has 1 heterocycles. The van der Waals surface area contributed by atoms with Crippen LogP contribution in [0.1, 0.15) is 30.7 Å². The van der Waals surface area contributed by atoms with Gasteiger partial charge in [-0.2, -0.15) is 0 Å². The van der Waals surface area contributed by atoms with Crippen LogP contribution >= 0.6 is 11.6 Å². The molecule has 1 aromatic carbocycles. The molecule has 3 rings (SSSR count). The molecule has 1 aromatic rings. The highest BCUT2D eigenvalue weighted by Crippen LogP contribution is 2.39. The molecule has 1 saturated carbocycles. The highest BCUT2D eigenvalue weighted by Gasteiger charge is 2.36. The summed E-state index contributed by atoms with van der Waals surface area (Å²) in [5.41, 5.74) is 1.44. The predicted molar refractivity (Wildman–Crippen MR) is 63.3 cm³/mol. The molecule has 1 nitrogen and oxygen atoms in total. The van der Waals surface area contributed by atoms with Crippen molar-refractivity contribution in [2.75, 3.05) is 6.54 Å². The van der Waals surface area contributed by atoms with Crippen LogP contribution in [0.15, 0.2) is 24.3 Å². The van der Waals surface area contributed by atoms with Gasteiger partial charge >= 0.3 is 0 Å². The highest BCUT2D eigenvalue weighted by atomic mass is 35.5. The molecule has 1 aliphatic carbocycles. The molecule has 0 spiro atoms. The molecule has 1 N–H and O–H groups in total. The van der Waals surface area contributed by atoms with Gasteiger partial charge < -0.3 is 5.32 Å². The molecular formula is C13H16ClN. The Morgan fingerprint density at radius 3 is 2.53 bits per heavy atom. The first kappa shape index (κ1) is 9.68. The molecule has 1 aliphatic heterocycles. The summed E-state index contributed by atoms with van der Waals surface area (Å²) in [5, 5.41) is 4.49. The molecule has 0 amide bonds. The van der Waals surface area contributed by atoms with E-state index in [0.717, 1.165) is 23.5 Å². The average Bonchev–Trinajstić information content (AvgIpc) is 2.99. The Bertz CT molecular complexity index is 342. The van der Waals surface area contributed by atoms with Gasteiger partial charge in [-0.05, 0) is 48.8 Å². The summed E-state index contributed by atoms with van der Waals surface area (Å²) < 4.78 is 0. The Hall–Kier alpha value is -0.530. The lowest BCUT2D eigenvalue weighted by molar-refractivity contribution is 0.535. The smallest absolute Gasteiger partial charge is 0.0406 e. The summed E-state index contributed by atoms with van der Waals surface area (Å²) in [7, 11) is 0. The summed E-state index contributed by atoms with van der Waals surface area (Å²) in [6, 6.07) is 9.13. The van der Waals surface area contributed by atoms with E-state index in [1.165, 1.54) is 24.8 Å². The SMILES string of the molecule is Clc1ccc([C@H]2CN[C@H](C3CC3)C2)cc1. The number of nitrogens with one attached hydrogen (secondary N) is 1. The Labute approximate surface area is 95.8 Å². The van der Waals surface area contributed by atoms with Crippen LogP contribution in [0.3, 0.4) is 0 Å². The molecule has 2 heteroatoms. The zero-order chi connectivity index (χ0) is 10.3. The van der Waals surface area contributed by atoms with Crippen LogP contribution < -0.4 is 5.32 Å². The van der Waals surface area contributed by atoms with Gasteiger partial charge in [0.05, 0.1) is 0 Å². The molecule has 2 atom stereocenters. The topological polar surface area (TPSA) is 12.0 Å². The van der Waals surface area contributed by atoms with Crippen molar-refractivity contribution in [3.8, 4) is 0 Å². The van der Waals surface area contributed by atoms with Crippen molar-refractivity contribution in [2.45, 2.75) is 31.2 Å². The first-order valence-corrected chi connectivity index (χ1v) is 6.19. The molecule has 2 aliphatic rings. The summed E-state index contributed by atoms with van der Waals surface area (Å²) in [4.78, 5) is 0. The van der Waals surface area contributed by atoms with E-state index in [-0.39, 0.29) is 0 Å². The van der Waals surface area contributed by atoms with E-state index < -0.39 is 0 Å². The van der Waals surface area contributed by atoms with Crippen molar-refractivity contribution in [2.24, 2.45) is 5.92 Å². The van der Waals surface area contributed by atoms with Crippen LogP contribution in [-0.4, -0.2) is 12.6 Å². The van der Waals surface area contributed by atoms with Crippen LogP contribution in [0, 0.1) is 5.92 Å². The molecule has 80 valence electrons. The second-order valence-electron chi connectivity index (χ2n) is 4.84. The van der Waals surface area contributed by atoms with Crippen LogP contribution in [-0.2, 0) is 0 Å². The number of rotatable bonds is 2. The highest BCUT2D eigenvalue weighted by molar-refractivity contribution is 6.30. The van der Waals surface area contributed by atoms with Crippen LogP contribution in [0.5, 0.6) is 0 Å². The minimum atomic E-state index is 0.702. The lowest BCUT2D eigenvalue weighted by atomic mass is 9.95. The molecular weight excluding hydrogens is 206 g/mol. The summed E-state index contributed by atoms with van der Waals surface area (Å²) in [6.07, 6.45) is 4.18. The van der Waals surface area contributed by atoms with Crippen LogP contribution in [0.2, 0.25) is 5.02 Å². The predicted octanol–water partition coefficient (Wildman–Crippen LogP) is 3.20. The van der Waals surface area contributed by atoms with Gasteiger partial charge in [0.15, 0.2) is 0 Å². The fourth-order valence-electron chi connectivity index (χ4n) is 2.61. The van der Waals surface area contributed by atoms with Crippen molar-refractivity contribution in [3.63, 3.8) is 0 Å².